The molecule has 18 heavy (non-hydrogen) atoms. The molecule has 0 fully saturated rings. The zero-order valence-corrected chi connectivity index (χ0v) is 12.5. The van der Waals surface area contributed by atoms with Crippen molar-refractivity contribution in [2.75, 3.05) is 18.9 Å². The Bertz CT molecular complexity index is 517. The molecule has 4 N–H and O–H groups in total. The molecule has 5 nitrogen and oxygen atoms in total. The zero-order chi connectivity index (χ0) is 13.8. The molecule has 0 unspecified atom stereocenters. The maximum atomic E-state index is 12.1. The van der Waals surface area contributed by atoms with Crippen LogP contribution in [0.25, 0.3) is 0 Å². The van der Waals surface area contributed by atoms with E-state index in [0.717, 1.165) is 0 Å². The van der Waals surface area contributed by atoms with Crippen molar-refractivity contribution in [3.63, 3.8) is 0 Å². The minimum Gasteiger partial charge on any atom is -0.398 e. The van der Waals surface area contributed by atoms with Gasteiger partial charge in [0.1, 0.15) is 0 Å². The Morgan fingerprint density at radius 1 is 1.39 bits per heavy atom. The molecule has 7 heteroatoms. The fourth-order valence-corrected chi connectivity index (χ4v) is 3.47. The molecule has 1 aromatic rings. The van der Waals surface area contributed by atoms with Crippen molar-refractivity contribution in [1.82, 2.24) is 4.72 Å². The van der Waals surface area contributed by atoms with Crippen molar-refractivity contribution in [3.05, 3.63) is 22.2 Å². The minimum atomic E-state index is -3.56. The predicted octanol–water partition coefficient (Wildman–Crippen LogP) is 1.39. The van der Waals surface area contributed by atoms with Gasteiger partial charge in [0.25, 0.3) is 0 Å². The highest BCUT2D eigenvalue weighted by molar-refractivity contribution is 9.10. The van der Waals surface area contributed by atoms with E-state index in [1.807, 2.05) is 0 Å². The second-order valence-electron chi connectivity index (χ2n) is 3.95. The highest BCUT2D eigenvalue weighted by Gasteiger charge is 2.18. The fraction of sp³-hybridized carbons (Fsp3) is 0.455. The standard InChI is InChI=1S/C11H17BrN2O3S/c1-8-10(13)6-9(12)7-11(8)18(16,17)14-4-2-3-5-15/h6-7,14-15H,2-5,13H2,1H3. The summed E-state index contributed by atoms with van der Waals surface area (Å²) in [7, 11) is -3.56. The van der Waals surface area contributed by atoms with E-state index in [-0.39, 0.29) is 11.5 Å². The van der Waals surface area contributed by atoms with Crippen LogP contribution in [0, 0.1) is 6.92 Å². The summed E-state index contributed by atoms with van der Waals surface area (Å²) >= 11 is 3.23. The van der Waals surface area contributed by atoms with E-state index in [1.165, 1.54) is 6.07 Å². The van der Waals surface area contributed by atoms with E-state index < -0.39 is 10.0 Å². The quantitative estimate of drug-likeness (QED) is 0.540. The third-order valence-electron chi connectivity index (χ3n) is 2.53. The van der Waals surface area contributed by atoms with Crippen molar-refractivity contribution in [1.29, 1.82) is 0 Å². The van der Waals surface area contributed by atoms with Gasteiger partial charge in [-0.1, -0.05) is 15.9 Å². The maximum absolute atomic E-state index is 12.1. The van der Waals surface area contributed by atoms with Crippen LogP contribution in [-0.2, 0) is 10.0 Å². The number of nitrogen functional groups attached to an aromatic ring is 1. The number of hydrogen-bond acceptors (Lipinski definition) is 4. The van der Waals surface area contributed by atoms with Gasteiger partial charge >= 0.3 is 0 Å². The number of unbranched alkanes of at least 4 members (excludes halogenated alkanes) is 1. The van der Waals surface area contributed by atoms with Gasteiger partial charge < -0.3 is 10.8 Å². The van der Waals surface area contributed by atoms with Crippen LogP contribution < -0.4 is 10.5 Å². The number of halogens is 1. The molecule has 0 aromatic heterocycles. The summed E-state index contributed by atoms with van der Waals surface area (Å²) in [5.41, 5.74) is 6.70. The summed E-state index contributed by atoms with van der Waals surface area (Å²) in [5, 5.41) is 8.63. The number of aliphatic hydroxyl groups is 1. The Hall–Kier alpha value is -0.630. The predicted molar refractivity (Wildman–Crippen MR) is 74.8 cm³/mol. The molecule has 0 atom stereocenters. The van der Waals surface area contributed by atoms with Crippen LogP contribution >= 0.6 is 15.9 Å². The van der Waals surface area contributed by atoms with E-state index in [2.05, 4.69) is 20.7 Å². The monoisotopic (exact) mass is 336 g/mol. The van der Waals surface area contributed by atoms with Gasteiger partial charge in [-0.2, -0.15) is 0 Å². The molecule has 0 bridgehead atoms. The molecule has 0 spiro atoms. The van der Waals surface area contributed by atoms with E-state index >= 15 is 0 Å². The Morgan fingerprint density at radius 2 is 2.06 bits per heavy atom. The van der Waals surface area contributed by atoms with Crippen LogP contribution in [-0.4, -0.2) is 26.7 Å². The zero-order valence-electron chi connectivity index (χ0n) is 10.1. The van der Waals surface area contributed by atoms with E-state index in [1.54, 1.807) is 13.0 Å². The molecule has 0 aliphatic rings. The first kappa shape index (κ1) is 15.4. The minimum absolute atomic E-state index is 0.0601. The van der Waals surface area contributed by atoms with Crippen molar-refractivity contribution < 1.29 is 13.5 Å². The number of hydrogen-bond donors (Lipinski definition) is 3. The summed E-state index contributed by atoms with van der Waals surface area (Å²) in [6.45, 7) is 2.03. The van der Waals surface area contributed by atoms with Gasteiger partial charge in [-0.25, -0.2) is 13.1 Å². The lowest BCUT2D eigenvalue weighted by atomic mass is 10.2. The summed E-state index contributed by atoms with van der Waals surface area (Å²) in [4.78, 5) is 0.179. The van der Waals surface area contributed by atoms with Crippen molar-refractivity contribution >= 4 is 31.6 Å². The summed E-state index contributed by atoms with van der Waals surface area (Å²) in [6.07, 6.45) is 1.17. The molecule has 0 radical (unpaired) electrons. The molecule has 0 aliphatic carbocycles. The van der Waals surface area contributed by atoms with Crippen LogP contribution in [0.1, 0.15) is 18.4 Å². The molecule has 0 aliphatic heterocycles. The molecular formula is C11H17BrN2O3S. The van der Waals surface area contributed by atoms with Crippen LogP contribution in [0.3, 0.4) is 0 Å². The molecule has 0 saturated carbocycles. The third-order valence-corrected chi connectivity index (χ3v) is 4.58. The first-order chi connectivity index (χ1) is 8.38. The summed E-state index contributed by atoms with van der Waals surface area (Å²) in [5.74, 6) is 0. The number of rotatable bonds is 6. The van der Waals surface area contributed by atoms with Crippen LogP contribution in [0.4, 0.5) is 5.69 Å². The largest absolute Gasteiger partial charge is 0.398 e. The SMILES string of the molecule is Cc1c(N)cc(Br)cc1S(=O)(=O)NCCCCO. The summed E-state index contributed by atoms with van der Waals surface area (Å²) in [6, 6.07) is 3.19. The van der Waals surface area contributed by atoms with Gasteiger partial charge in [0.2, 0.25) is 10.0 Å². The van der Waals surface area contributed by atoms with Crippen molar-refractivity contribution in [2.45, 2.75) is 24.7 Å². The first-order valence-corrected chi connectivity index (χ1v) is 7.82. The van der Waals surface area contributed by atoms with Gasteiger partial charge in [0.15, 0.2) is 0 Å². The van der Waals surface area contributed by atoms with Gasteiger partial charge in [-0.15, -0.1) is 0 Å². The number of nitrogens with two attached hydrogens (primary N) is 1. The first-order valence-electron chi connectivity index (χ1n) is 5.54. The number of anilines is 1. The van der Waals surface area contributed by atoms with Crippen LogP contribution in [0.2, 0.25) is 0 Å². The Kier molecular flexibility index (Phi) is 5.58. The van der Waals surface area contributed by atoms with E-state index in [4.69, 9.17) is 10.8 Å². The average Bonchev–Trinajstić information content (AvgIpc) is 2.29. The second-order valence-corrected chi connectivity index (χ2v) is 6.60. The number of aliphatic hydroxyl groups excluding tert-OH is 1. The topological polar surface area (TPSA) is 92.4 Å². The van der Waals surface area contributed by atoms with Gasteiger partial charge in [0.05, 0.1) is 4.90 Å². The molecule has 0 amide bonds. The molecular weight excluding hydrogens is 320 g/mol. The van der Waals surface area contributed by atoms with Crippen molar-refractivity contribution in [3.8, 4) is 0 Å². The lowest BCUT2D eigenvalue weighted by molar-refractivity contribution is 0.285. The Labute approximate surface area is 116 Å². The normalized spacial score (nSPS) is 11.7. The average molecular weight is 337 g/mol. The van der Waals surface area contributed by atoms with Crippen LogP contribution in [0.15, 0.2) is 21.5 Å². The van der Waals surface area contributed by atoms with Crippen LogP contribution in [0.5, 0.6) is 0 Å². The van der Waals surface area contributed by atoms with Crippen molar-refractivity contribution in [2.24, 2.45) is 0 Å². The molecule has 102 valence electrons. The van der Waals surface area contributed by atoms with E-state index in [0.29, 0.717) is 35.1 Å². The smallest absolute Gasteiger partial charge is 0.240 e. The Balaban J connectivity index is 2.91. The maximum Gasteiger partial charge on any atom is 0.240 e. The fourth-order valence-electron chi connectivity index (χ4n) is 1.47. The highest BCUT2D eigenvalue weighted by atomic mass is 79.9. The van der Waals surface area contributed by atoms with Gasteiger partial charge in [-0.3, -0.25) is 0 Å². The van der Waals surface area contributed by atoms with Gasteiger partial charge in [-0.05, 0) is 37.5 Å². The molecule has 1 aromatic carbocycles. The molecule has 0 heterocycles. The molecule has 0 saturated heterocycles. The third kappa shape index (κ3) is 3.94. The second kappa shape index (κ2) is 6.51. The van der Waals surface area contributed by atoms with Gasteiger partial charge in [0, 0.05) is 23.3 Å². The lowest BCUT2D eigenvalue weighted by Crippen LogP contribution is -2.26. The highest BCUT2D eigenvalue weighted by Crippen LogP contribution is 2.26. The molecule has 1 rings (SSSR count). The van der Waals surface area contributed by atoms with E-state index in [9.17, 15) is 8.42 Å². The number of nitrogens with one attached hydrogen (secondary N) is 1. The summed E-state index contributed by atoms with van der Waals surface area (Å²) < 4.78 is 27.3. The number of sulfonamides is 1. The number of benzene rings is 1. The Morgan fingerprint density at radius 3 is 2.67 bits per heavy atom. The lowest BCUT2D eigenvalue weighted by Gasteiger charge is -2.11.